The SMILES string of the molecule is C[C@H](O)[C@@H]1O[C@H]1c1cccc(Cl)c1. The van der Waals surface area contributed by atoms with Crippen molar-refractivity contribution < 1.29 is 9.84 Å². The number of hydrogen-bond acceptors (Lipinski definition) is 2. The first-order valence-corrected chi connectivity index (χ1v) is 4.65. The van der Waals surface area contributed by atoms with Crippen molar-refractivity contribution >= 4 is 11.6 Å². The Morgan fingerprint density at radius 1 is 1.54 bits per heavy atom. The highest BCUT2D eigenvalue weighted by molar-refractivity contribution is 6.30. The molecule has 3 atom stereocenters. The fraction of sp³-hybridized carbons (Fsp3) is 0.400. The lowest BCUT2D eigenvalue weighted by Crippen LogP contribution is -2.09. The van der Waals surface area contributed by atoms with Gasteiger partial charge < -0.3 is 9.84 Å². The predicted octanol–water partition coefficient (Wildman–Crippen LogP) is 2.16. The first-order chi connectivity index (χ1) is 6.18. The van der Waals surface area contributed by atoms with E-state index in [0.29, 0.717) is 5.02 Å². The van der Waals surface area contributed by atoms with Crippen LogP contribution in [-0.2, 0) is 4.74 Å². The molecule has 2 nitrogen and oxygen atoms in total. The molecule has 0 spiro atoms. The smallest absolute Gasteiger partial charge is 0.114 e. The van der Waals surface area contributed by atoms with E-state index in [4.69, 9.17) is 16.3 Å². The highest BCUT2D eigenvalue weighted by atomic mass is 35.5. The van der Waals surface area contributed by atoms with E-state index in [1.165, 1.54) is 0 Å². The van der Waals surface area contributed by atoms with E-state index < -0.39 is 6.10 Å². The number of aliphatic hydroxyl groups excluding tert-OH is 1. The minimum absolute atomic E-state index is 0.0266. The monoisotopic (exact) mass is 198 g/mol. The minimum Gasteiger partial charge on any atom is -0.391 e. The van der Waals surface area contributed by atoms with Gasteiger partial charge in [-0.2, -0.15) is 0 Å². The van der Waals surface area contributed by atoms with Gasteiger partial charge in [0.05, 0.1) is 6.10 Å². The lowest BCUT2D eigenvalue weighted by Gasteiger charge is -1.98. The first kappa shape index (κ1) is 9.00. The summed E-state index contributed by atoms with van der Waals surface area (Å²) in [4.78, 5) is 0. The van der Waals surface area contributed by atoms with E-state index in [1.54, 1.807) is 6.92 Å². The lowest BCUT2D eigenvalue weighted by atomic mass is 10.1. The molecule has 1 fully saturated rings. The molecule has 0 radical (unpaired) electrons. The fourth-order valence-corrected chi connectivity index (χ4v) is 1.64. The third-order valence-electron chi connectivity index (χ3n) is 2.18. The van der Waals surface area contributed by atoms with Crippen molar-refractivity contribution in [1.29, 1.82) is 0 Å². The maximum atomic E-state index is 9.24. The molecule has 1 heterocycles. The van der Waals surface area contributed by atoms with Crippen LogP contribution in [-0.4, -0.2) is 17.3 Å². The van der Waals surface area contributed by atoms with Crippen LogP contribution in [0.4, 0.5) is 0 Å². The van der Waals surface area contributed by atoms with Crippen molar-refractivity contribution in [3.05, 3.63) is 34.9 Å². The zero-order chi connectivity index (χ0) is 9.42. The number of hydrogen-bond donors (Lipinski definition) is 1. The van der Waals surface area contributed by atoms with Crippen LogP contribution in [0.2, 0.25) is 5.02 Å². The summed E-state index contributed by atoms with van der Waals surface area (Å²) in [5.74, 6) is 0. The summed E-state index contributed by atoms with van der Waals surface area (Å²) < 4.78 is 5.31. The molecule has 0 aromatic heterocycles. The van der Waals surface area contributed by atoms with Crippen LogP contribution >= 0.6 is 11.6 Å². The van der Waals surface area contributed by atoms with Gasteiger partial charge in [-0.15, -0.1) is 0 Å². The van der Waals surface area contributed by atoms with Crippen LogP contribution in [0.5, 0.6) is 0 Å². The average molecular weight is 199 g/mol. The molecule has 0 bridgehead atoms. The van der Waals surface area contributed by atoms with Gasteiger partial charge in [0.15, 0.2) is 0 Å². The molecule has 1 saturated heterocycles. The topological polar surface area (TPSA) is 32.8 Å². The standard InChI is InChI=1S/C10H11ClO2/c1-6(12)9-10(13-9)7-3-2-4-8(11)5-7/h2-6,9-10,12H,1H3/t6-,9-,10-/m0/s1. The molecule has 0 aliphatic carbocycles. The second-order valence-corrected chi connectivity index (χ2v) is 3.75. The van der Waals surface area contributed by atoms with Crippen LogP contribution in [0, 0.1) is 0 Å². The summed E-state index contributed by atoms with van der Waals surface area (Å²) in [6, 6.07) is 7.54. The Labute approximate surface area is 82.1 Å². The first-order valence-electron chi connectivity index (χ1n) is 4.27. The van der Waals surface area contributed by atoms with E-state index >= 15 is 0 Å². The summed E-state index contributed by atoms with van der Waals surface area (Å²) in [5.41, 5.74) is 1.04. The third-order valence-corrected chi connectivity index (χ3v) is 2.41. The summed E-state index contributed by atoms with van der Waals surface area (Å²) in [6.07, 6.45) is -0.443. The van der Waals surface area contributed by atoms with Crippen molar-refractivity contribution in [2.75, 3.05) is 0 Å². The molecule has 1 aromatic carbocycles. The molecule has 2 rings (SSSR count). The van der Waals surface area contributed by atoms with Crippen molar-refractivity contribution in [2.24, 2.45) is 0 Å². The van der Waals surface area contributed by atoms with Gasteiger partial charge in [-0.25, -0.2) is 0 Å². The summed E-state index contributed by atoms with van der Waals surface area (Å²) in [6.45, 7) is 1.73. The normalized spacial score (nSPS) is 28.5. The summed E-state index contributed by atoms with van der Waals surface area (Å²) in [5, 5.41) is 9.94. The van der Waals surface area contributed by atoms with Gasteiger partial charge in [0.25, 0.3) is 0 Å². The van der Waals surface area contributed by atoms with Gasteiger partial charge in [-0.1, -0.05) is 23.7 Å². The predicted molar refractivity (Wildman–Crippen MR) is 50.7 cm³/mol. The number of halogens is 1. The molecule has 1 N–H and O–H groups in total. The second-order valence-electron chi connectivity index (χ2n) is 3.32. The van der Waals surface area contributed by atoms with E-state index in [2.05, 4.69) is 0 Å². The molecule has 1 aliphatic rings. The summed E-state index contributed by atoms with van der Waals surface area (Å²) in [7, 11) is 0. The van der Waals surface area contributed by atoms with Gasteiger partial charge >= 0.3 is 0 Å². The van der Waals surface area contributed by atoms with Gasteiger partial charge in [0, 0.05) is 5.02 Å². The van der Waals surface area contributed by atoms with Crippen molar-refractivity contribution in [1.82, 2.24) is 0 Å². The van der Waals surface area contributed by atoms with Crippen LogP contribution in [0.1, 0.15) is 18.6 Å². The Bertz CT molecular complexity index is 312. The van der Waals surface area contributed by atoms with Crippen molar-refractivity contribution in [3.8, 4) is 0 Å². The third kappa shape index (κ3) is 1.85. The van der Waals surface area contributed by atoms with Crippen LogP contribution < -0.4 is 0 Å². The Balaban J connectivity index is 2.12. The molecular weight excluding hydrogens is 188 g/mol. The fourth-order valence-electron chi connectivity index (χ4n) is 1.44. The number of ether oxygens (including phenoxy) is 1. The maximum absolute atomic E-state index is 9.24. The van der Waals surface area contributed by atoms with E-state index in [9.17, 15) is 5.11 Å². The van der Waals surface area contributed by atoms with E-state index in [0.717, 1.165) is 5.56 Å². The molecule has 0 amide bonds. The van der Waals surface area contributed by atoms with Gasteiger partial charge in [0.2, 0.25) is 0 Å². The largest absolute Gasteiger partial charge is 0.391 e. The zero-order valence-electron chi connectivity index (χ0n) is 7.27. The Kier molecular flexibility index (Phi) is 2.28. The summed E-state index contributed by atoms with van der Waals surface area (Å²) >= 11 is 5.83. The second kappa shape index (κ2) is 3.29. The minimum atomic E-state index is -0.413. The highest BCUT2D eigenvalue weighted by Gasteiger charge is 2.43. The van der Waals surface area contributed by atoms with Crippen molar-refractivity contribution in [3.63, 3.8) is 0 Å². The highest BCUT2D eigenvalue weighted by Crippen LogP contribution is 2.41. The van der Waals surface area contributed by atoms with E-state index in [-0.39, 0.29) is 12.2 Å². The molecule has 1 aromatic rings. The molecule has 1 aliphatic heterocycles. The van der Waals surface area contributed by atoms with Crippen LogP contribution in [0.25, 0.3) is 0 Å². The average Bonchev–Trinajstić information content (AvgIpc) is 2.82. The Morgan fingerprint density at radius 2 is 2.31 bits per heavy atom. The number of aliphatic hydroxyl groups is 1. The maximum Gasteiger partial charge on any atom is 0.114 e. The molecule has 13 heavy (non-hydrogen) atoms. The number of epoxide rings is 1. The number of benzene rings is 1. The lowest BCUT2D eigenvalue weighted by molar-refractivity contribution is 0.152. The van der Waals surface area contributed by atoms with Gasteiger partial charge in [-0.05, 0) is 24.6 Å². The molecule has 0 saturated carbocycles. The molecular formula is C10H11ClO2. The Morgan fingerprint density at radius 3 is 2.85 bits per heavy atom. The molecule has 3 heteroatoms. The van der Waals surface area contributed by atoms with E-state index in [1.807, 2.05) is 24.3 Å². The molecule has 70 valence electrons. The number of rotatable bonds is 2. The van der Waals surface area contributed by atoms with Crippen LogP contribution in [0.3, 0.4) is 0 Å². The van der Waals surface area contributed by atoms with Gasteiger partial charge in [0.1, 0.15) is 12.2 Å². The molecule has 0 unspecified atom stereocenters. The van der Waals surface area contributed by atoms with Crippen LogP contribution in [0.15, 0.2) is 24.3 Å². The zero-order valence-corrected chi connectivity index (χ0v) is 8.03. The quantitative estimate of drug-likeness (QED) is 0.739. The Hall–Kier alpha value is -0.570. The van der Waals surface area contributed by atoms with Crippen molar-refractivity contribution in [2.45, 2.75) is 25.2 Å². The van der Waals surface area contributed by atoms with Gasteiger partial charge in [-0.3, -0.25) is 0 Å².